The van der Waals surface area contributed by atoms with Crippen molar-refractivity contribution >= 4 is 27.5 Å². The zero-order valence-electron chi connectivity index (χ0n) is 13.2. The van der Waals surface area contributed by atoms with Gasteiger partial charge in [-0.3, -0.25) is 4.79 Å². The molecule has 1 aliphatic heterocycles. The number of thioether (sulfide) groups is 1. The second kappa shape index (κ2) is 6.80. The van der Waals surface area contributed by atoms with Gasteiger partial charge in [-0.2, -0.15) is 0 Å². The average Bonchev–Trinajstić information content (AvgIpc) is 3.20. The monoisotopic (exact) mass is 358 g/mol. The number of aromatic nitrogens is 3. The lowest BCUT2D eigenvalue weighted by atomic mass is 10.1. The van der Waals surface area contributed by atoms with Crippen LogP contribution in [0.4, 0.5) is 0 Å². The fourth-order valence-electron chi connectivity index (χ4n) is 3.49. The van der Waals surface area contributed by atoms with Crippen molar-refractivity contribution in [2.24, 2.45) is 7.05 Å². The highest BCUT2D eigenvalue weighted by atomic mass is 32.2. The van der Waals surface area contributed by atoms with Gasteiger partial charge in [-0.15, -0.1) is 10.2 Å². The van der Waals surface area contributed by atoms with Crippen LogP contribution in [-0.4, -0.2) is 63.3 Å². The van der Waals surface area contributed by atoms with Crippen LogP contribution in [-0.2, 0) is 21.7 Å². The first-order valence-corrected chi connectivity index (χ1v) is 10.8. The molecule has 0 spiro atoms. The normalized spacial score (nSPS) is 24.1. The van der Waals surface area contributed by atoms with Crippen LogP contribution in [0.2, 0.25) is 0 Å². The van der Waals surface area contributed by atoms with E-state index in [0.717, 1.165) is 25.7 Å². The van der Waals surface area contributed by atoms with E-state index in [1.54, 1.807) is 10.9 Å². The van der Waals surface area contributed by atoms with Crippen molar-refractivity contribution in [1.29, 1.82) is 0 Å². The molecule has 0 unspecified atom stereocenters. The molecule has 1 saturated heterocycles. The zero-order chi connectivity index (χ0) is 16.4. The van der Waals surface area contributed by atoms with E-state index in [4.69, 9.17) is 0 Å². The van der Waals surface area contributed by atoms with Crippen LogP contribution in [0.5, 0.6) is 0 Å². The third-order valence-corrected chi connectivity index (χ3v) is 7.37. The molecule has 1 aromatic heterocycles. The maximum atomic E-state index is 12.8. The van der Waals surface area contributed by atoms with Gasteiger partial charge in [-0.1, -0.05) is 24.6 Å². The van der Waals surface area contributed by atoms with E-state index in [-0.39, 0.29) is 35.2 Å². The van der Waals surface area contributed by atoms with Gasteiger partial charge in [0, 0.05) is 19.1 Å². The summed E-state index contributed by atoms with van der Waals surface area (Å²) >= 11 is 1.36. The van der Waals surface area contributed by atoms with E-state index >= 15 is 0 Å². The van der Waals surface area contributed by atoms with Gasteiger partial charge in [0.2, 0.25) is 5.91 Å². The molecule has 0 radical (unpaired) electrons. The SMILES string of the molecule is Cn1cnnc1SCC(=O)N(C1CCCC1)[C@H]1CCS(=O)(=O)C1. The fourth-order valence-corrected chi connectivity index (χ4v) is 5.96. The number of amides is 1. The van der Waals surface area contributed by atoms with Crippen molar-refractivity contribution in [3.8, 4) is 0 Å². The van der Waals surface area contributed by atoms with E-state index in [0.29, 0.717) is 11.6 Å². The second-order valence-electron chi connectivity index (χ2n) is 6.31. The second-order valence-corrected chi connectivity index (χ2v) is 9.48. The largest absolute Gasteiger partial charge is 0.335 e. The Kier molecular flexibility index (Phi) is 4.96. The van der Waals surface area contributed by atoms with Gasteiger partial charge in [0.1, 0.15) is 6.33 Å². The van der Waals surface area contributed by atoms with Gasteiger partial charge in [-0.25, -0.2) is 8.42 Å². The maximum absolute atomic E-state index is 12.8. The molecule has 2 heterocycles. The lowest BCUT2D eigenvalue weighted by Gasteiger charge is -2.34. The fraction of sp³-hybridized carbons (Fsp3) is 0.786. The molecule has 9 heteroatoms. The molecule has 1 atom stereocenters. The average molecular weight is 358 g/mol. The van der Waals surface area contributed by atoms with Crippen molar-refractivity contribution in [3.63, 3.8) is 0 Å². The van der Waals surface area contributed by atoms with Gasteiger partial charge in [0.25, 0.3) is 0 Å². The molecule has 1 saturated carbocycles. The molecule has 1 aromatic rings. The highest BCUT2D eigenvalue weighted by Gasteiger charge is 2.38. The van der Waals surface area contributed by atoms with Crippen LogP contribution < -0.4 is 0 Å². The minimum atomic E-state index is -3.00. The summed E-state index contributed by atoms with van der Waals surface area (Å²) in [7, 11) is -1.16. The number of carbonyl (C=O) groups excluding carboxylic acids is 1. The summed E-state index contributed by atoms with van der Waals surface area (Å²) in [6.07, 6.45) is 6.37. The first-order valence-electron chi connectivity index (χ1n) is 7.94. The number of sulfone groups is 1. The summed E-state index contributed by atoms with van der Waals surface area (Å²) in [5.74, 6) is 0.612. The van der Waals surface area contributed by atoms with Gasteiger partial charge >= 0.3 is 0 Å². The van der Waals surface area contributed by atoms with Crippen LogP contribution >= 0.6 is 11.8 Å². The first-order chi connectivity index (χ1) is 11.0. The first kappa shape index (κ1) is 16.8. The Hall–Kier alpha value is -1.09. The topological polar surface area (TPSA) is 85.2 Å². The maximum Gasteiger partial charge on any atom is 0.233 e. The summed E-state index contributed by atoms with van der Waals surface area (Å²) in [5.41, 5.74) is 0. The Balaban J connectivity index is 1.69. The number of aryl methyl sites for hydroxylation is 1. The summed E-state index contributed by atoms with van der Waals surface area (Å²) in [4.78, 5) is 14.7. The minimum absolute atomic E-state index is 0.0204. The van der Waals surface area contributed by atoms with E-state index in [9.17, 15) is 13.2 Å². The van der Waals surface area contributed by atoms with Crippen molar-refractivity contribution in [2.45, 2.75) is 49.3 Å². The van der Waals surface area contributed by atoms with Crippen LogP contribution in [0.3, 0.4) is 0 Å². The number of nitrogens with zero attached hydrogens (tertiary/aromatic N) is 4. The highest BCUT2D eigenvalue weighted by Crippen LogP contribution is 2.30. The van der Waals surface area contributed by atoms with E-state index in [1.807, 2.05) is 11.9 Å². The standard InChI is InChI=1S/C14H22N4O3S2/c1-17-10-15-16-14(17)22-8-13(19)18(11-4-2-3-5-11)12-6-7-23(20,21)9-12/h10-12H,2-9H2,1H3/t12-/m0/s1. The smallest absolute Gasteiger partial charge is 0.233 e. The molecule has 1 amide bonds. The number of rotatable bonds is 5. The molecule has 7 nitrogen and oxygen atoms in total. The molecule has 128 valence electrons. The Bertz CT molecular complexity index is 667. The number of hydrogen-bond donors (Lipinski definition) is 0. The summed E-state index contributed by atoms with van der Waals surface area (Å²) in [6, 6.07) is 0.0385. The predicted molar refractivity (Wildman–Crippen MR) is 87.9 cm³/mol. The molecule has 1 aliphatic carbocycles. The Morgan fingerprint density at radius 2 is 2.09 bits per heavy atom. The van der Waals surface area contributed by atoms with Crippen molar-refractivity contribution in [3.05, 3.63) is 6.33 Å². The number of carbonyl (C=O) groups is 1. The van der Waals surface area contributed by atoms with Crippen molar-refractivity contribution in [1.82, 2.24) is 19.7 Å². The third kappa shape index (κ3) is 3.88. The molecular formula is C14H22N4O3S2. The van der Waals surface area contributed by atoms with Gasteiger partial charge in [0.15, 0.2) is 15.0 Å². The van der Waals surface area contributed by atoms with Gasteiger partial charge < -0.3 is 9.47 Å². The van der Waals surface area contributed by atoms with Crippen LogP contribution in [0, 0.1) is 0 Å². The molecule has 0 N–H and O–H groups in total. The molecular weight excluding hydrogens is 336 g/mol. The van der Waals surface area contributed by atoms with Crippen LogP contribution in [0.25, 0.3) is 0 Å². The quantitative estimate of drug-likeness (QED) is 0.726. The lowest BCUT2D eigenvalue weighted by Crippen LogP contribution is -2.47. The number of hydrogen-bond acceptors (Lipinski definition) is 6. The lowest BCUT2D eigenvalue weighted by molar-refractivity contribution is -0.132. The molecule has 3 rings (SSSR count). The molecule has 2 aliphatic rings. The van der Waals surface area contributed by atoms with E-state index in [2.05, 4.69) is 10.2 Å². The van der Waals surface area contributed by atoms with Gasteiger partial charge in [0.05, 0.1) is 17.3 Å². The minimum Gasteiger partial charge on any atom is -0.335 e. The summed E-state index contributed by atoms with van der Waals surface area (Å²) in [5, 5.41) is 8.48. The molecule has 2 fully saturated rings. The zero-order valence-corrected chi connectivity index (χ0v) is 14.9. The Labute approximate surface area is 140 Å². The molecule has 0 aromatic carbocycles. The van der Waals surface area contributed by atoms with Crippen molar-refractivity contribution < 1.29 is 13.2 Å². The highest BCUT2D eigenvalue weighted by molar-refractivity contribution is 7.99. The Morgan fingerprint density at radius 1 is 1.35 bits per heavy atom. The summed E-state index contributed by atoms with van der Waals surface area (Å²) in [6.45, 7) is 0. The third-order valence-electron chi connectivity index (χ3n) is 4.60. The van der Waals surface area contributed by atoms with Gasteiger partial charge in [-0.05, 0) is 19.3 Å². The van der Waals surface area contributed by atoms with Crippen molar-refractivity contribution in [2.75, 3.05) is 17.3 Å². The van der Waals surface area contributed by atoms with E-state index in [1.165, 1.54) is 11.8 Å². The predicted octanol–water partition coefficient (Wildman–Crippen LogP) is 0.865. The summed E-state index contributed by atoms with van der Waals surface area (Å²) < 4.78 is 25.4. The molecule has 0 bridgehead atoms. The van der Waals surface area contributed by atoms with Crippen LogP contribution in [0.15, 0.2) is 11.5 Å². The Morgan fingerprint density at radius 3 is 2.65 bits per heavy atom. The molecule has 23 heavy (non-hydrogen) atoms. The van der Waals surface area contributed by atoms with Crippen LogP contribution in [0.1, 0.15) is 32.1 Å². The van der Waals surface area contributed by atoms with E-state index < -0.39 is 9.84 Å².